The molecule has 0 heterocycles. The van der Waals surface area contributed by atoms with Crippen LogP contribution in [-0.4, -0.2) is 70.9 Å². The van der Waals surface area contributed by atoms with Gasteiger partial charge in [-0.3, -0.25) is 4.79 Å². The number of aliphatic hydroxyl groups excluding tert-OH is 1. The fraction of sp³-hybridized carbons (Fsp3) is 0.842. The van der Waals surface area contributed by atoms with Crippen molar-refractivity contribution < 1.29 is 85.6 Å². The SMILES string of the molecule is CCCCCCC(=O)NCC[N+](CCO)(C(CC)C(=O)[O-])C(CC)C(=O)O.[K+]. The average Bonchev–Trinajstić information content (AvgIpc) is 2.59. The summed E-state index contributed by atoms with van der Waals surface area (Å²) in [6, 6.07) is -2.07. The molecule has 0 rings (SSSR count). The van der Waals surface area contributed by atoms with E-state index in [4.69, 9.17) is 0 Å². The van der Waals surface area contributed by atoms with E-state index in [1.165, 1.54) is 0 Å². The van der Waals surface area contributed by atoms with Crippen LogP contribution < -0.4 is 61.8 Å². The maximum Gasteiger partial charge on any atom is 1.00 e. The number of nitrogens with one attached hydrogen (secondary N) is 1. The largest absolute Gasteiger partial charge is 1.00 e. The van der Waals surface area contributed by atoms with Gasteiger partial charge in [-0.2, -0.15) is 0 Å². The zero-order chi connectivity index (χ0) is 20.9. The molecule has 0 aromatic carbocycles. The van der Waals surface area contributed by atoms with Gasteiger partial charge in [-0.1, -0.05) is 40.0 Å². The van der Waals surface area contributed by atoms with Crippen LogP contribution in [0.25, 0.3) is 0 Å². The molecular weight excluding hydrogens is 391 g/mol. The summed E-state index contributed by atoms with van der Waals surface area (Å²) in [5, 5.41) is 33.6. The Hall–Kier alpha value is -0.0336. The molecule has 0 aliphatic rings. The van der Waals surface area contributed by atoms with Crippen molar-refractivity contribution in [2.75, 3.05) is 26.2 Å². The van der Waals surface area contributed by atoms with Crippen molar-refractivity contribution in [3.8, 4) is 0 Å². The molecule has 0 aromatic rings. The third-order valence-electron chi connectivity index (χ3n) is 5.20. The summed E-state index contributed by atoms with van der Waals surface area (Å²) >= 11 is 0. The first-order valence-electron chi connectivity index (χ1n) is 9.98. The van der Waals surface area contributed by atoms with Gasteiger partial charge in [0.05, 0.1) is 25.7 Å². The summed E-state index contributed by atoms with van der Waals surface area (Å²) in [7, 11) is 0. The van der Waals surface area contributed by atoms with Gasteiger partial charge < -0.3 is 29.9 Å². The molecule has 8 nitrogen and oxygen atoms in total. The smallest absolute Gasteiger partial charge is 0.544 e. The van der Waals surface area contributed by atoms with Gasteiger partial charge in [0.1, 0.15) is 12.6 Å². The van der Waals surface area contributed by atoms with E-state index in [1.54, 1.807) is 13.8 Å². The van der Waals surface area contributed by atoms with Crippen molar-refractivity contribution in [1.29, 1.82) is 0 Å². The Morgan fingerprint density at radius 3 is 2.04 bits per heavy atom. The number of carboxylic acids is 2. The van der Waals surface area contributed by atoms with Crippen LogP contribution >= 0.6 is 0 Å². The number of carbonyl (C=O) groups is 3. The van der Waals surface area contributed by atoms with Gasteiger partial charge in [0.25, 0.3) is 0 Å². The van der Waals surface area contributed by atoms with E-state index in [1.807, 2.05) is 0 Å². The summed E-state index contributed by atoms with van der Waals surface area (Å²) in [6.45, 7) is 5.32. The molecule has 3 N–H and O–H groups in total. The third-order valence-corrected chi connectivity index (χ3v) is 5.20. The van der Waals surface area contributed by atoms with Crippen LogP contribution in [0.4, 0.5) is 0 Å². The van der Waals surface area contributed by atoms with E-state index < -0.39 is 24.0 Å². The number of amides is 1. The predicted octanol–water partition coefficient (Wildman–Crippen LogP) is -2.72. The second-order valence-electron chi connectivity index (χ2n) is 6.94. The molecule has 9 heteroatoms. The molecule has 0 aromatic heterocycles. The Morgan fingerprint density at radius 2 is 1.61 bits per heavy atom. The summed E-state index contributed by atoms with van der Waals surface area (Å²) < 4.78 is -0.336. The summed E-state index contributed by atoms with van der Waals surface area (Å²) in [5.41, 5.74) is 0. The van der Waals surface area contributed by atoms with Crippen LogP contribution in [0.15, 0.2) is 0 Å². The molecule has 0 spiro atoms. The van der Waals surface area contributed by atoms with Gasteiger partial charge in [0.2, 0.25) is 5.91 Å². The van der Waals surface area contributed by atoms with Gasteiger partial charge in [0, 0.05) is 19.3 Å². The molecule has 0 aliphatic carbocycles. The van der Waals surface area contributed by atoms with Crippen molar-refractivity contribution in [3.05, 3.63) is 0 Å². The minimum Gasteiger partial charge on any atom is -0.544 e. The maximum absolute atomic E-state index is 12.0. The minimum absolute atomic E-state index is 0. The number of carbonyl (C=O) groups excluding carboxylic acids is 2. The zero-order valence-electron chi connectivity index (χ0n) is 17.9. The second-order valence-corrected chi connectivity index (χ2v) is 6.94. The third kappa shape index (κ3) is 9.64. The van der Waals surface area contributed by atoms with E-state index in [-0.39, 0.29) is 101 Å². The van der Waals surface area contributed by atoms with Crippen LogP contribution in [0, 0.1) is 0 Å². The van der Waals surface area contributed by atoms with Crippen molar-refractivity contribution in [2.45, 2.75) is 77.8 Å². The normalized spacial score (nSPS) is 15.0. The number of unbranched alkanes of at least 4 members (excludes halogenated alkanes) is 3. The number of quaternary nitrogens is 1. The van der Waals surface area contributed by atoms with Crippen LogP contribution in [-0.2, 0) is 14.4 Å². The molecule has 28 heavy (non-hydrogen) atoms. The second kappa shape index (κ2) is 16.7. The van der Waals surface area contributed by atoms with E-state index in [0.717, 1.165) is 25.7 Å². The number of carboxylic acid groups (broad SMARTS) is 2. The molecule has 158 valence electrons. The molecular formula is C19H36KN2O6+. The quantitative estimate of drug-likeness (QED) is 0.140. The molecule has 0 fully saturated rings. The van der Waals surface area contributed by atoms with Crippen LogP contribution in [0.1, 0.15) is 65.7 Å². The maximum atomic E-state index is 12.0. The number of rotatable bonds is 16. The Morgan fingerprint density at radius 1 is 1.00 bits per heavy atom. The zero-order valence-corrected chi connectivity index (χ0v) is 21.0. The topological polar surface area (TPSA) is 127 Å². The van der Waals surface area contributed by atoms with Gasteiger partial charge in [-0.05, 0) is 6.42 Å². The molecule has 0 saturated heterocycles. The fourth-order valence-corrected chi connectivity index (χ4v) is 3.84. The van der Waals surface area contributed by atoms with E-state index in [2.05, 4.69) is 12.2 Å². The number of aliphatic hydroxyl groups is 1. The molecule has 0 saturated carbocycles. The van der Waals surface area contributed by atoms with E-state index in [9.17, 15) is 29.7 Å². The fourth-order valence-electron chi connectivity index (χ4n) is 3.84. The first kappa shape index (κ1) is 30.2. The number of hydrogen-bond donors (Lipinski definition) is 3. The number of aliphatic carboxylic acids is 2. The Bertz CT molecular complexity index is 453. The average molecular weight is 428 g/mol. The van der Waals surface area contributed by atoms with E-state index in [0.29, 0.717) is 6.42 Å². The predicted molar refractivity (Wildman–Crippen MR) is 99.6 cm³/mol. The van der Waals surface area contributed by atoms with Crippen molar-refractivity contribution >= 4 is 17.8 Å². The Labute approximate surface area is 211 Å². The Kier molecular flexibility index (Phi) is 18.0. The number of hydrogen-bond acceptors (Lipinski definition) is 5. The van der Waals surface area contributed by atoms with Crippen molar-refractivity contribution in [3.63, 3.8) is 0 Å². The van der Waals surface area contributed by atoms with E-state index >= 15 is 0 Å². The van der Waals surface area contributed by atoms with Gasteiger partial charge in [-0.25, -0.2) is 4.79 Å². The monoisotopic (exact) mass is 427 g/mol. The van der Waals surface area contributed by atoms with Crippen LogP contribution in [0.3, 0.4) is 0 Å². The first-order valence-corrected chi connectivity index (χ1v) is 9.98. The molecule has 3 unspecified atom stereocenters. The minimum atomic E-state index is -1.34. The molecule has 1 amide bonds. The van der Waals surface area contributed by atoms with Crippen molar-refractivity contribution in [1.82, 2.24) is 5.32 Å². The summed E-state index contributed by atoms with van der Waals surface area (Å²) in [5.74, 6) is -2.58. The molecule has 3 atom stereocenters. The van der Waals surface area contributed by atoms with Gasteiger partial charge in [-0.15, -0.1) is 0 Å². The van der Waals surface area contributed by atoms with Crippen molar-refractivity contribution in [2.24, 2.45) is 0 Å². The Balaban J connectivity index is 0. The molecule has 0 bridgehead atoms. The number of nitrogens with zero attached hydrogens (tertiary/aromatic N) is 1. The van der Waals surface area contributed by atoms with Gasteiger partial charge in [0.15, 0.2) is 6.04 Å². The first-order chi connectivity index (χ1) is 12.8. The molecule has 0 aliphatic heterocycles. The molecule has 0 radical (unpaired) electrons. The van der Waals surface area contributed by atoms with Gasteiger partial charge >= 0.3 is 57.4 Å². The summed E-state index contributed by atoms with van der Waals surface area (Å²) in [4.78, 5) is 35.5. The van der Waals surface area contributed by atoms with Crippen LogP contribution in [0.5, 0.6) is 0 Å². The van der Waals surface area contributed by atoms with Crippen LogP contribution in [0.2, 0.25) is 0 Å². The standard InChI is InChI=1S/C19H36N2O6.K/c1-4-7-8-9-10-17(23)20-11-12-21(13-14-22,15(5-2)18(24)25)16(6-3)19(26)27;/h15-16,22H,4-14H2,1-3H3,(H2-,20,23,24,25,26,27);/q;+1. The summed E-state index contributed by atoms with van der Waals surface area (Å²) in [6.07, 6.45) is 4.71.